The molecule has 0 aromatic heterocycles. The minimum atomic E-state index is -0.503. The number of halogens is 1. The molecule has 1 aromatic rings. The lowest BCUT2D eigenvalue weighted by Crippen LogP contribution is -3.14. The molecule has 2 atom stereocenters. The topological polar surface area (TPSA) is 71.9 Å². The number of carbonyl (C=O) groups excluding carboxylic acids is 2. The monoisotopic (exact) mass is 314 g/mol. The van der Waals surface area contributed by atoms with E-state index in [1.54, 1.807) is 31.2 Å². The predicted octanol–water partition coefficient (Wildman–Crippen LogP) is 0.0776. The van der Waals surface area contributed by atoms with Gasteiger partial charge in [0.1, 0.15) is 18.9 Å². The highest BCUT2D eigenvalue weighted by molar-refractivity contribution is 6.30. The molecule has 0 radical (unpaired) electrons. The Kier molecular flexibility index (Phi) is 6.98. The van der Waals surface area contributed by atoms with E-state index in [9.17, 15) is 9.59 Å². The Morgan fingerprint density at radius 1 is 1.33 bits per heavy atom. The quantitative estimate of drug-likeness (QED) is 0.696. The second-order valence-electron chi connectivity index (χ2n) is 4.69. The number of carbonyl (C=O) groups is 2. The van der Waals surface area contributed by atoms with E-state index >= 15 is 0 Å². The van der Waals surface area contributed by atoms with Crippen molar-refractivity contribution in [3.8, 4) is 5.75 Å². The van der Waals surface area contributed by atoms with Crippen LogP contribution in [0.4, 0.5) is 4.79 Å². The second-order valence-corrected chi connectivity index (χ2v) is 5.13. The van der Waals surface area contributed by atoms with Gasteiger partial charge in [-0.1, -0.05) is 11.6 Å². The van der Waals surface area contributed by atoms with Gasteiger partial charge in [-0.2, -0.15) is 0 Å². The van der Waals surface area contributed by atoms with Gasteiger partial charge in [0.15, 0.2) is 6.04 Å². The van der Waals surface area contributed by atoms with Crippen molar-refractivity contribution in [1.82, 2.24) is 10.6 Å². The zero-order chi connectivity index (χ0) is 15.8. The summed E-state index contributed by atoms with van der Waals surface area (Å²) < 4.78 is 5.57. The summed E-state index contributed by atoms with van der Waals surface area (Å²) in [6.07, 6.45) is 0. The molecule has 3 amide bonds. The number of urea groups is 1. The van der Waals surface area contributed by atoms with Crippen molar-refractivity contribution in [1.29, 1.82) is 0 Å². The fourth-order valence-corrected chi connectivity index (χ4v) is 1.71. The SMILES string of the molecule is CNC(=O)NC(=O)[C@@H](C)[NH+](C)CCOc1ccc(Cl)cc1. The zero-order valence-corrected chi connectivity index (χ0v) is 13.2. The highest BCUT2D eigenvalue weighted by Crippen LogP contribution is 2.14. The standard InChI is InChI=1S/C14H20ClN3O3/c1-10(13(19)17-14(20)16-2)18(3)8-9-21-12-6-4-11(15)5-7-12/h4-7,10H,8-9H2,1-3H3,(H2,16,17,19,20)/p+1/t10-/m1/s1. The van der Waals surface area contributed by atoms with Crippen molar-refractivity contribution in [3.63, 3.8) is 0 Å². The number of nitrogens with one attached hydrogen (secondary N) is 3. The summed E-state index contributed by atoms with van der Waals surface area (Å²) in [5.74, 6) is 0.410. The number of hydrogen-bond donors (Lipinski definition) is 3. The molecule has 0 aliphatic rings. The van der Waals surface area contributed by atoms with Gasteiger partial charge >= 0.3 is 6.03 Å². The Bertz CT molecular complexity index is 479. The van der Waals surface area contributed by atoms with Gasteiger partial charge in [-0.15, -0.1) is 0 Å². The van der Waals surface area contributed by atoms with Crippen LogP contribution in [0.25, 0.3) is 0 Å². The molecule has 0 aliphatic carbocycles. The van der Waals surface area contributed by atoms with Gasteiger partial charge in [-0.3, -0.25) is 10.1 Å². The molecule has 21 heavy (non-hydrogen) atoms. The molecule has 6 nitrogen and oxygen atoms in total. The van der Waals surface area contributed by atoms with Gasteiger partial charge in [0, 0.05) is 12.1 Å². The van der Waals surface area contributed by atoms with Crippen LogP contribution in [0.1, 0.15) is 6.92 Å². The molecule has 0 saturated carbocycles. The van der Waals surface area contributed by atoms with Crippen LogP contribution in [0.15, 0.2) is 24.3 Å². The summed E-state index contributed by atoms with van der Waals surface area (Å²) in [7, 11) is 3.34. The summed E-state index contributed by atoms with van der Waals surface area (Å²) in [4.78, 5) is 23.8. The first-order valence-corrected chi connectivity index (χ1v) is 7.05. The zero-order valence-electron chi connectivity index (χ0n) is 12.4. The lowest BCUT2D eigenvalue weighted by atomic mass is 10.3. The summed E-state index contributed by atoms with van der Waals surface area (Å²) in [5, 5.41) is 5.26. The molecule has 0 heterocycles. The lowest BCUT2D eigenvalue weighted by molar-refractivity contribution is -0.894. The van der Waals surface area contributed by atoms with Crippen LogP contribution in [0.5, 0.6) is 5.75 Å². The van der Waals surface area contributed by atoms with E-state index in [2.05, 4.69) is 10.6 Å². The van der Waals surface area contributed by atoms with E-state index in [1.165, 1.54) is 7.05 Å². The first-order chi connectivity index (χ1) is 9.93. The minimum absolute atomic E-state index is 0.321. The fraction of sp³-hybridized carbons (Fsp3) is 0.429. The number of amides is 3. The number of ether oxygens (including phenoxy) is 1. The van der Waals surface area contributed by atoms with E-state index in [-0.39, 0.29) is 11.9 Å². The van der Waals surface area contributed by atoms with Gasteiger partial charge < -0.3 is 15.0 Å². The van der Waals surface area contributed by atoms with Gasteiger partial charge in [-0.25, -0.2) is 4.79 Å². The number of hydrogen-bond acceptors (Lipinski definition) is 3. The van der Waals surface area contributed by atoms with Crippen LogP contribution in [0, 0.1) is 0 Å². The average Bonchev–Trinajstić information content (AvgIpc) is 2.48. The molecule has 1 aromatic carbocycles. The van der Waals surface area contributed by atoms with Crippen LogP contribution in [0.3, 0.4) is 0 Å². The summed E-state index contributed by atoms with van der Waals surface area (Å²) in [6, 6.07) is 6.24. The largest absolute Gasteiger partial charge is 0.488 e. The maximum atomic E-state index is 11.8. The molecule has 0 spiro atoms. The molecule has 0 bridgehead atoms. The van der Waals surface area contributed by atoms with Crippen LogP contribution in [-0.2, 0) is 4.79 Å². The third-order valence-electron chi connectivity index (χ3n) is 3.18. The van der Waals surface area contributed by atoms with Crippen molar-refractivity contribution < 1.29 is 19.2 Å². The number of benzene rings is 1. The molecule has 7 heteroatoms. The molecule has 0 aliphatic heterocycles. The highest BCUT2D eigenvalue weighted by Gasteiger charge is 2.22. The maximum absolute atomic E-state index is 11.8. The van der Waals surface area contributed by atoms with Crippen LogP contribution >= 0.6 is 11.6 Å². The Morgan fingerprint density at radius 2 is 1.95 bits per heavy atom. The van der Waals surface area contributed by atoms with Crippen molar-refractivity contribution >= 4 is 23.5 Å². The Hall–Kier alpha value is -1.79. The molecule has 0 saturated heterocycles. The Labute approximate surface area is 129 Å². The number of quaternary nitrogens is 1. The maximum Gasteiger partial charge on any atom is 0.321 e. The third kappa shape index (κ3) is 6.01. The molecular weight excluding hydrogens is 294 g/mol. The van der Waals surface area contributed by atoms with E-state index in [0.717, 1.165) is 10.6 Å². The van der Waals surface area contributed by atoms with E-state index in [4.69, 9.17) is 16.3 Å². The normalized spacial score (nSPS) is 13.1. The molecule has 1 unspecified atom stereocenters. The van der Waals surface area contributed by atoms with Crippen molar-refractivity contribution in [3.05, 3.63) is 29.3 Å². The van der Waals surface area contributed by atoms with Crippen LogP contribution in [-0.4, -0.2) is 45.2 Å². The average molecular weight is 315 g/mol. The Balaban J connectivity index is 2.35. The second kappa shape index (κ2) is 8.49. The molecule has 3 N–H and O–H groups in total. The lowest BCUT2D eigenvalue weighted by Gasteiger charge is -2.20. The van der Waals surface area contributed by atoms with Crippen LogP contribution < -0.4 is 20.3 Å². The van der Waals surface area contributed by atoms with Gasteiger partial charge in [-0.05, 0) is 31.2 Å². The minimum Gasteiger partial charge on any atom is -0.488 e. The van der Waals surface area contributed by atoms with Crippen molar-refractivity contribution in [2.24, 2.45) is 0 Å². The number of likely N-dealkylation sites (N-methyl/N-ethyl adjacent to an activating group) is 1. The van der Waals surface area contributed by atoms with E-state index in [0.29, 0.717) is 18.2 Å². The highest BCUT2D eigenvalue weighted by atomic mass is 35.5. The van der Waals surface area contributed by atoms with Crippen molar-refractivity contribution in [2.45, 2.75) is 13.0 Å². The van der Waals surface area contributed by atoms with Crippen molar-refractivity contribution in [2.75, 3.05) is 27.2 Å². The summed E-state index contributed by atoms with van der Waals surface area (Å²) >= 11 is 5.79. The smallest absolute Gasteiger partial charge is 0.321 e. The summed E-state index contributed by atoms with van der Waals surface area (Å²) in [5.41, 5.74) is 0. The predicted molar refractivity (Wildman–Crippen MR) is 80.8 cm³/mol. The van der Waals surface area contributed by atoms with E-state index < -0.39 is 6.03 Å². The number of rotatable bonds is 6. The first kappa shape index (κ1) is 17.3. The van der Waals surface area contributed by atoms with Gasteiger partial charge in [0.05, 0.1) is 7.05 Å². The molecule has 1 rings (SSSR count). The third-order valence-corrected chi connectivity index (χ3v) is 3.43. The Morgan fingerprint density at radius 3 is 2.52 bits per heavy atom. The van der Waals surface area contributed by atoms with Crippen LogP contribution in [0.2, 0.25) is 5.02 Å². The fourth-order valence-electron chi connectivity index (χ4n) is 1.58. The first-order valence-electron chi connectivity index (χ1n) is 6.67. The molecule has 0 fully saturated rings. The summed E-state index contributed by atoms with van der Waals surface area (Å²) in [6.45, 7) is 2.85. The van der Waals surface area contributed by atoms with Gasteiger partial charge in [0.25, 0.3) is 5.91 Å². The van der Waals surface area contributed by atoms with E-state index in [1.807, 2.05) is 7.05 Å². The number of imide groups is 1. The van der Waals surface area contributed by atoms with Gasteiger partial charge in [0.2, 0.25) is 0 Å². The molecular formula is C14H21ClN3O3+. The molecule has 116 valence electrons.